The van der Waals surface area contributed by atoms with E-state index in [0.717, 1.165) is 25.9 Å². The first-order chi connectivity index (χ1) is 8.18. The van der Waals surface area contributed by atoms with Gasteiger partial charge in [0.2, 0.25) is 0 Å². The van der Waals surface area contributed by atoms with Gasteiger partial charge in [-0.25, -0.2) is 4.79 Å². The van der Waals surface area contributed by atoms with E-state index in [9.17, 15) is 4.79 Å². The number of piperidine rings is 1. The van der Waals surface area contributed by atoms with E-state index in [1.165, 1.54) is 0 Å². The van der Waals surface area contributed by atoms with Crippen LogP contribution in [0.1, 0.15) is 26.7 Å². The van der Waals surface area contributed by atoms with Gasteiger partial charge >= 0.3 is 6.09 Å². The average Bonchev–Trinajstić information content (AvgIpc) is 2.33. The Kier molecular flexibility index (Phi) is 6.96. The highest BCUT2D eigenvalue weighted by Gasteiger charge is 2.12. The van der Waals surface area contributed by atoms with E-state index in [1.807, 2.05) is 13.8 Å². The first-order valence-corrected chi connectivity index (χ1v) is 6.41. The van der Waals surface area contributed by atoms with Crippen molar-refractivity contribution in [3.8, 4) is 0 Å². The van der Waals surface area contributed by atoms with Gasteiger partial charge in [-0.1, -0.05) is 13.8 Å². The van der Waals surface area contributed by atoms with Crippen LogP contribution in [0, 0.1) is 5.92 Å². The highest BCUT2D eigenvalue weighted by Crippen LogP contribution is 2.06. The zero-order valence-electron chi connectivity index (χ0n) is 10.8. The number of alkyl carbamates (subject to hydrolysis) is 1. The van der Waals surface area contributed by atoms with Gasteiger partial charge in [0.25, 0.3) is 0 Å². The van der Waals surface area contributed by atoms with Gasteiger partial charge in [0.1, 0.15) is 0 Å². The molecule has 100 valence electrons. The molecule has 1 saturated heterocycles. The Balaban J connectivity index is 1.94. The van der Waals surface area contributed by atoms with Crippen LogP contribution >= 0.6 is 0 Å². The largest absolute Gasteiger partial charge is 0.449 e. The van der Waals surface area contributed by atoms with Gasteiger partial charge in [0.15, 0.2) is 0 Å². The van der Waals surface area contributed by atoms with Crippen molar-refractivity contribution in [2.45, 2.75) is 32.8 Å². The molecule has 5 heteroatoms. The molecule has 2 N–H and O–H groups in total. The summed E-state index contributed by atoms with van der Waals surface area (Å²) in [6.07, 6.45) is 2.09. The minimum atomic E-state index is -0.354. The summed E-state index contributed by atoms with van der Waals surface area (Å²) in [6, 6.07) is 0. The lowest BCUT2D eigenvalue weighted by molar-refractivity contribution is 0.0340. The summed E-state index contributed by atoms with van der Waals surface area (Å²) in [6.45, 7) is 7.59. The average molecular weight is 244 g/mol. The van der Waals surface area contributed by atoms with E-state index in [1.54, 1.807) is 0 Å². The lowest BCUT2D eigenvalue weighted by Crippen LogP contribution is -2.35. The first-order valence-electron chi connectivity index (χ1n) is 6.41. The van der Waals surface area contributed by atoms with Crippen LogP contribution in [-0.4, -0.2) is 45.0 Å². The molecule has 5 nitrogen and oxygen atoms in total. The number of carbonyl (C=O) groups excluding carboxylic acids is 1. The van der Waals surface area contributed by atoms with Crippen molar-refractivity contribution >= 4 is 6.09 Å². The zero-order chi connectivity index (χ0) is 12.5. The van der Waals surface area contributed by atoms with Gasteiger partial charge in [-0.2, -0.15) is 0 Å². The summed E-state index contributed by atoms with van der Waals surface area (Å²) in [5.41, 5.74) is 0. The summed E-state index contributed by atoms with van der Waals surface area (Å²) >= 11 is 0. The summed E-state index contributed by atoms with van der Waals surface area (Å²) < 4.78 is 10.6. The molecule has 0 spiro atoms. The topological polar surface area (TPSA) is 59.6 Å². The molecule has 0 atom stereocenters. The number of ether oxygens (including phenoxy) is 2. The Hall–Kier alpha value is -0.810. The monoisotopic (exact) mass is 244 g/mol. The molecular weight excluding hydrogens is 220 g/mol. The molecule has 1 fully saturated rings. The lowest BCUT2D eigenvalue weighted by atomic mass is 10.1. The third-order valence-electron chi connectivity index (χ3n) is 2.56. The number of nitrogens with one attached hydrogen (secondary N) is 2. The van der Waals surface area contributed by atoms with E-state index < -0.39 is 0 Å². The van der Waals surface area contributed by atoms with Crippen molar-refractivity contribution in [2.75, 3.05) is 32.8 Å². The van der Waals surface area contributed by atoms with Crippen molar-refractivity contribution in [2.24, 2.45) is 5.92 Å². The molecule has 1 aliphatic rings. The summed E-state index contributed by atoms with van der Waals surface area (Å²) in [5, 5.41) is 5.96. The molecule has 1 heterocycles. The van der Waals surface area contributed by atoms with Crippen molar-refractivity contribution in [3.63, 3.8) is 0 Å². The van der Waals surface area contributed by atoms with Gasteiger partial charge in [-0.05, 0) is 31.8 Å². The van der Waals surface area contributed by atoms with Gasteiger partial charge < -0.3 is 20.1 Å². The molecule has 0 aromatic rings. The Labute approximate surface area is 103 Å². The van der Waals surface area contributed by atoms with Crippen LogP contribution in [-0.2, 0) is 9.47 Å². The fourth-order valence-electron chi connectivity index (χ4n) is 1.63. The second-order valence-corrected chi connectivity index (χ2v) is 4.74. The number of carbonyl (C=O) groups is 1. The van der Waals surface area contributed by atoms with E-state index in [0.29, 0.717) is 31.8 Å². The molecule has 0 saturated carbocycles. The third-order valence-corrected chi connectivity index (χ3v) is 2.56. The predicted molar refractivity (Wildman–Crippen MR) is 66.0 cm³/mol. The predicted octanol–water partition coefficient (Wildman–Crippen LogP) is 1.14. The van der Waals surface area contributed by atoms with Crippen LogP contribution in [0.4, 0.5) is 4.79 Å². The Bertz CT molecular complexity index is 216. The van der Waals surface area contributed by atoms with Crippen LogP contribution < -0.4 is 10.6 Å². The number of amides is 1. The number of rotatable bonds is 6. The fourth-order valence-corrected chi connectivity index (χ4v) is 1.63. The Morgan fingerprint density at radius 1 is 1.41 bits per heavy atom. The highest BCUT2D eigenvalue weighted by atomic mass is 16.5. The third kappa shape index (κ3) is 7.18. The maximum Gasteiger partial charge on any atom is 0.407 e. The molecule has 0 aromatic heterocycles. The second-order valence-electron chi connectivity index (χ2n) is 4.74. The molecule has 0 aromatic carbocycles. The molecule has 1 amide bonds. The number of hydrogen-bond acceptors (Lipinski definition) is 4. The Morgan fingerprint density at radius 3 is 2.76 bits per heavy atom. The van der Waals surface area contributed by atoms with E-state index in [-0.39, 0.29) is 6.09 Å². The van der Waals surface area contributed by atoms with Crippen LogP contribution in [0.3, 0.4) is 0 Å². The van der Waals surface area contributed by atoms with Crippen LogP contribution in [0.25, 0.3) is 0 Å². The fraction of sp³-hybridized carbons (Fsp3) is 0.917. The van der Waals surface area contributed by atoms with Crippen LogP contribution in [0.15, 0.2) is 0 Å². The standard InChI is InChI=1S/C12H24N2O3/c1-10(2)9-17-12(15)14-7-8-16-11-3-5-13-6-4-11/h10-11,13H,3-9H2,1-2H3,(H,14,15). The van der Waals surface area contributed by atoms with Crippen molar-refractivity contribution in [1.82, 2.24) is 10.6 Å². The number of hydrogen-bond donors (Lipinski definition) is 2. The highest BCUT2D eigenvalue weighted by molar-refractivity contribution is 5.67. The minimum Gasteiger partial charge on any atom is -0.449 e. The molecule has 0 unspecified atom stereocenters. The van der Waals surface area contributed by atoms with Gasteiger partial charge in [-0.15, -0.1) is 0 Å². The SMILES string of the molecule is CC(C)COC(=O)NCCOC1CCNCC1. The quantitative estimate of drug-likeness (QED) is 0.688. The van der Waals surface area contributed by atoms with Crippen LogP contribution in [0.2, 0.25) is 0 Å². The van der Waals surface area contributed by atoms with E-state index in [4.69, 9.17) is 9.47 Å². The molecule has 0 radical (unpaired) electrons. The van der Waals surface area contributed by atoms with Crippen LogP contribution in [0.5, 0.6) is 0 Å². The normalized spacial score (nSPS) is 17.1. The molecule has 0 bridgehead atoms. The lowest BCUT2D eigenvalue weighted by Gasteiger charge is -2.22. The summed E-state index contributed by atoms with van der Waals surface area (Å²) in [5.74, 6) is 0.367. The summed E-state index contributed by atoms with van der Waals surface area (Å²) in [4.78, 5) is 11.2. The molecular formula is C12H24N2O3. The van der Waals surface area contributed by atoms with E-state index >= 15 is 0 Å². The second kappa shape index (κ2) is 8.31. The summed E-state index contributed by atoms with van der Waals surface area (Å²) in [7, 11) is 0. The molecule has 0 aliphatic carbocycles. The Morgan fingerprint density at radius 2 is 2.12 bits per heavy atom. The van der Waals surface area contributed by atoms with Crippen molar-refractivity contribution in [1.29, 1.82) is 0 Å². The maximum absolute atomic E-state index is 11.2. The smallest absolute Gasteiger partial charge is 0.407 e. The first kappa shape index (κ1) is 14.3. The molecule has 1 aliphatic heterocycles. The van der Waals surface area contributed by atoms with Gasteiger partial charge in [-0.3, -0.25) is 0 Å². The van der Waals surface area contributed by atoms with Gasteiger partial charge in [0.05, 0.1) is 19.3 Å². The van der Waals surface area contributed by atoms with Gasteiger partial charge in [0, 0.05) is 6.54 Å². The zero-order valence-corrected chi connectivity index (χ0v) is 10.8. The van der Waals surface area contributed by atoms with Crippen molar-refractivity contribution in [3.05, 3.63) is 0 Å². The maximum atomic E-state index is 11.2. The minimum absolute atomic E-state index is 0.338. The molecule has 1 rings (SSSR count). The molecule has 17 heavy (non-hydrogen) atoms. The van der Waals surface area contributed by atoms with Crippen molar-refractivity contribution < 1.29 is 14.3 Å². The van der Waals surface area contributed by atoms with E-state index in [2.05, 4.69) is 10.6 Å².